The average molecular weight is 315 g/mol. The van der Waals surface area contributed by atoms with E-state index in [0.717, 1.165) is 22.3 Å². The number of hydrogen-bond donors (Lipinski definition) is 0. The van der Waals surface area contributed by atoms with Gasteiger partial charge in [0.05, 0.1) is 10.6 Å². The van der Waals surface area contributed by atoms with Gasteiger partial charge in [-0.25, -0.2) is 0 Å². The molecule has 0 saturated carbocycles. The normalized spacial score (nSPS) is 10.0. The quantitative estimate of drug-likeness (QED) is 0.657. The van der Waals surface area contributed by atoms with Crippen molar-refractivity contribution in [1.29, 1.82) is 10.5 Å². The van der Waals surface area contributed by atoms with Crippen molar-refractivity contribution in [3.8, 4) is 23.3 Å². The van der Waals surface area contributed by atoms with Crippen LogP contribution in [0.3, 0.4) is 0 Å². The van der Waals surface area contributed by atoms with Crippen molar-refractivity contribution in [2.45, 2.75) is 0 Å². The lowest BCUT2D eigenvalue weighted by atomic mass is 10.0. The summed E-state index contributed by atoms with van der Waals surface area (Å²) in [6.45, 7) is 0. The average Bonchev–Trinajstić information content (AvgIpc) is 2.99. The first kappa shape index (κ1) is 15.0. The van der Waals surface area contributed by atoms with Gasteiger partial charge >= 0.3 is 0 Å². The van der Waals surface area contributed by atoms with Gasteiger partial charge in [-0.3, -0.25) is 0 Å². The molecular weight excluding hydrogens is 302 g/mol. The highest BCUT2D eigenvalue weighted by Gasteiger charge is 2.18. The molecule has 0 saturated heterocycles. The number of benzene rings is 1. The molecule has 3 aromatic rings. The zero-order valence-electron chi connectivity index (χ0n) is 12.5. The fourth-order valence-electron chi connectivity index (χ4n) is 2.64. The lowest BCUT2D eigenvalue weighted by molar-refractivity contribution is 1.17. The molecule has 0 aliphatic carbocycles. The van der Waals surface area contributed by atoms with Gasteiger partial charge in [-0.1, -0.05) is 36.4 Å². The van der Waals surface area contributed by atoms with Gasteiger partial charge in [0.1, 0.15) is 17.7 Å². The molecule has 2 heterocycles. The first-order valence-corrected chi connectivity index (χ1v) is 8.27. The molecule has 0 bridgehead atoms. The Bertz CT molecular complexity index is 953. The second-order valence-corrected chi connectivity index (χ2v) is 5.72. The molecule has 0 atom stereocenters. The van der Waals surface area contributed by atoms with Gasteiger partial charge in [0.2, 0.25) is 0 Å². The monoisotopic (exact) mass is 315 g/mol. The van der Waals surface area contributed by atoms with Crippen molar-refractivity contribution < 1.29 is 0 Å². The van der Waals surface area contributed by atoms with Crippen LogP contribution in [0.2, 0.25) is 0 Å². The summed E-state index contributed by atoms with van der Waals surface area (Å²) in [4.78, 5) is 0.694. The summed E-state index contributed by atoms with van der Waals surface area (Å²) in [5.74, 6) is 0. The molecule has 4 heteroatoms. The zero-order valence-corrected chi connectivity index (χ0v) is 13.3. The minimum Gasteiger partial charge on any atom is -0.315 e. The van der Waals surface area contributed by atoms with Crippen molar-refractivity contribution in [3.63, 3.8) is 0 Å². The maximum atomic E-state index is 9.31. The summed E-state index contributed by atoms with van der Waals surface area (Å²) in [7, 11) is 0. The zero-order chi connectivity index (χ0) is 16.2. The Hall–Kier alpha value is -2.95. The molecule has 23 heavy (non-hydrogen) atoms. The van der Waals surface area contributed by atoms with Crippen LogP contribution in [0.1, 0.15) is 5.69 Å². The van der Waals surface area contributed by atoms with Gasteiger partial charge in [0.15, 0.2) is 0 Å². The van der Waals surface area contributed by atoms with Gasteiger partial charge in [0.25, 0.3) is 0 Å². The van der Waals surface area contributed by atoms with E-state index < -0.39 is 0 Å². The Morgan fingerprint density at radius 3 is 2.35 bits per heavy atom. The van der Waals surface area contributed by atoms with Crippen LogP contribution in [-0.2, 0) is 0 Å². The predicted molar refractivity (Wildman–Crippen MR) is 94.5 cm³/mol. The van der Waals surface area contributed by atoms with Crippen molar-refractivity contribution in [1.82, 2.24) is 4.40 Å². The number of rotatable bonds is 3. The van der Waals surface area contributed by atoms with Crippen molar-refractivity contribution in [2.75, 3.05) is 6.26 Å². The Kier molecular flexibility index (Phi) is 4.19. The van der Waals surface area contributed by atoms with Crippen LogP contribution in [0.5, 0.6) is 0 Å². The van der Waals surface area contributed by atoms with Crippen molar-refractivity contribution >= 4 is 22.2 Å². The number of nitrogens with zero attached hydrogens (tertiary/aromatic N) is 3. The predicted octanol–water partition coefficient (Wildman–Crippen LogP) is 4.73. The molecule has 0 spiro atoms. The molecule has 0 unspecified atom stereocenters. The molecule has 2 aromatic heterocycles. The lowest BCUT2D eigenvalue weighted by Gasteiger charge is -2.09. The van der Waals surface area contributed by atoms with E-state index in [4.69, 9.17) is 0 Å². The number of pyridine rings is 1. The highest BCUT2D eigenvalue weighted by molar-refractivity contribution is 8.07. The Morgan fingerprint density at radius 2 is 1.70 bits per heavy atom. The summed E-state index contributed by atoms with van der Waals surface area (Å²) < 4.78 is 2.03. The number of allylic oxidation sites excluding steroid dienone is 1. The second-order valence-electron chi connectivity index (χ2n) is 4.90. The van der Waals surface area contributed by atoms with E-state index in [-0.39, 0.29) is 5.57 Å². The number of thioether (sulfide) groups is 1. The van der Waals surface area contributed by atoms with E-state index in [2.05, 4.69) is 6.07 Å². The van der Waals surface area contributed by atoms with Crippen molar-refractivity contribution in [3.05, 3.63) is 72.1 Å². The van der Waals surface area contributed by atoms with E-state index in [1.807, 2.05) is 77.5 Å². The minimum atomic E-state index is 0.138. The van der Waals surface area contributed by atoms with Crippen molar-refractivity contribution in [2.24, 2.45) is 0 Å². The number of hydrogen-bond acceptors (Lipinski definition) is 3. The molecule has 0 amide bonds. The van der Waals surface area contributed by atoms with Gasteiger partial charge in [0, 0.05) is 17.3 Å². The topological polar surface area (TPSA) is 52.0 Å². The van der Waals surface area contributed by atoms with E-state index in [9.17, 15) is 10.5 Å². The fourth-order valence-corrected chi connectivity index (χ4v) is 3.33. The molecule has 3 nitrogen and oxygen atoms in total. The molecule has 3 rings (SSSR count). The highest BCUT2D eigenvalue weighted by atomic mass is 32.2. The molecule has 0 N–H and O–H groups in total. The molecule has 0 radical (unpaired) electrons. The first-order valence-electron chi connectivity index (χ1n) is 7.04. The number of aromatic nitrogens is 1. The maximum absolute atomic E-state index is 9.31. The number of nitriles is 2. The Morgan fingerprint density at radius 1 is 1.00 bits per heavy atom. The van der Waals surface area contributed by atoms with E-state index >= 15 is 0 Å². The molecule has 0 aliphatic heterocycles. The first-order chi connectivity index (χ1) is 11.3. The summed E-state index contributed by atoms with van der Waals surface area (Å²) in [6, 6.07) is 22.1. The van der Waals surface area contributed by atoms with Gasteiger partial charge in [-0.05, 0) is 30.0 Å². The van der Waals surface area contributed by atoms with E-state index in [1.165, 1.54) is 11.8 Å². The molecule has 1 aromatic carbocycles. The summed E-state index contributed by atoms with van der Waals surface area (Å²) >= 11 is 1.42. The third kappa shape index (κ3) is 2.61. The smallest absolute Gasteiger partial charge is 0.145 e. The van der Waals surface area contributed by atoms with Crippen LogP contribution in [0.25, 0.3) is 21.5 Å². The summed E-state index contributed by atoms with van der Waals surface area (Å²) in [6.07, 6.45) is 3.85. The molecule has 0 fully saturated rings. The van der Waals surface area contributed by atoms with Gasteiger partial charge in [-0.2, -0.15) is 10.5 Å². The second kappa shape index (κ2) is 6.44. The standard InChI is InChI=1S/C19H13N3S/c1-23-19(15(12-20)13-21)18-17(14-7-3-2-4-8-14)11-16-9-5-6-10-22(16)18/h2-11H,1H3. The van der Waals surface area contributed by atoms with Crippen LogP contribution in [0, 0.1) is 22.7 Å². The summed E-state index contributed by atoms with van der Waals surface area (Å²) in [5.41, 5.74) is 4.14. The molecular formula is C19H13N3S. The largest absolute Gasteiger partial charge is 0.315 e. The van der Waals surface area contributed by atoms with Crippen LogP contribution in [0.4, 0.5) is 0 Å². The van der Waals surface area contributed by atoms with Crippen LogP contribution in [-0.4, -0.2) is 10.7 Å². The van der Waals surface area contributed by atoms with Crippen LogP contribution in [0.15, 0.2) is 66.4 Å². The van der Waals surface area contributed by atoms with Crippen LogP contribution >= 0.6 is 11.8 Å². The minimum absolute atomic E-state index is 0.138. The third-order valence-corrected chi connectivity index (χ3v) is 4.44. The lowest BCUT2D eigenvalue weighted by Crippen LogP contribution is -1.94. The maximum Gasteiger partial charge on any atom is 0.145 e. The Balaban J connectivity index is 2.42. The van der Waals surface area contributed by atoms with Gasteiger partial charge < -0.3 is 4.40 Å². The fraction of sp³-hybridized carbons (Fsp3) is 0.0526. The Labute approximate surface area is 139 Å². The van der Waals surface area contributed by atoms with Gasteiger partial charge in [-0.15, -0.1) is 11.8 Å². The SMILES string of the molecule is CSC(=C(C#N)C#N)c1c(-c2ccccc2)cc2ccccn12. The summed E-state index contributed by atoms with van der Waals surface area (Å²) in [5, 5.41) is 18.6. The third-order valence-electron chi connectivity index (χ3n) is 3.63. The van der Waals surface area contributed by atoms with Crippen LogP contribution < -0.4 is 0 Å². The van der Waals surface area contributed by atoms with E-state index in [1.54, 1.807) is 0 Å². The number of fused-ring (bicyclic) bond motifs is 1. The highest BCUT2D eigenvalue weighted by Crippen LogP contribution is 2.38. The molecule has 110 valence electrons. The molecule has 0 aliphatic rings. The van der Waals surface area contributed by atoms with E-state index in [0.29, 0.717) is 4.91 Å².